The van der Waals surface area contributed by atoms with Gasteiger partial charge in [0.05, 0.1) is 17.8 Å². The predicted octanol–water partition coefficient (Wildman–Crippen LogP) is 1.60. The van der Waals surface area contributed by atoms with Gasteiger partial charge in [-0.2, -0.15) is 5.10 Å². The minimum Gasteiger partial charge on any atom is -0.347 e. The largest absolute Gasteiger partial charge is 0.347 e. The number of likely N-dealkylation sites (tertiary alicyclic amines) is 1. The second-order valence-corrected chi connectivity index (χ2v) is 6.65. The number of rotatable bonds is 4. The van der Waals surface area contributed by atoms with Gasteiger partial charge in [-0.05, 0) is 18.9 Å². The lowest BCUT2D eigenvalue weighted by molar-refractivity contribution is -0.128. The minimum absolute atomic E-state index is 0.128. The lowest BCUT2D eigenvalue weighted by Gasteiger charge is -2.17. The molecule has 2 heterocycles. The maximum absolute atomic E-state index is 12.3. The summed E-state index contributed by atoms with van der Waals surface area (Å²) in [6, 6.07) is 10.5. The molecule has 6 nitrogen and oxygen atoms in total. The highest BCUT2D eigenvalue weighted by atomic mass is 16.2. The van der Waals surface area contributed by atoms with Crippen LogP contribution in [0.2, 0.25) is 0 Å². The normalized spacial score (nSPS) is 25.8. The van der Waals surface area contributed by atoms with Gasteiger partial charge in [0.1, 0.15) is 0 Å². The highest BCUT2D eigenvalue weighted by molar-refractivity contribution is 5.95. The van der Waals surface area contributed by atoms with E-state index >= 15 is 0 Å². The highest BCUT2D eigenvalue weighted by Gasteiger charge is 2.48. The van der Waals surface area contributed by atoms with Gasteiger partial charge in [-0.15, -0.1) is 0 Å². The summed E-state index contributed by atoms with van der Waals surface area (Å²) in [5, 5.41) is 9.58. The first kappa shape index (κ1) is 14.9. The van der Waals surface area contributed by atoms with Gasteiger partial charge >= 0.3 is 0 Å². The molecular formula is C18H20N4O2. The van der Waals surface area contributed by atoms with E-state index in [-0.39, 0.29) is 23.9 Å². The topological polar surface area (TPSA) is 78.1 Å². The molecule has 1 aromatic carbocycles. The third-order valence-corrected chi connectivity index (χ3v) is 4.95. The number of nitrogens with zero attached hydrogens (tertiary/aromatic N) is 2. The quantitative estimate of drug-likeness (QED) is 0.897. The van der Waals surface area contributed by atoms with E-state index in [0.29, 0.717) is 24.4 Å². The number of hydrogen-bond acceptors (Lipinski definition) is 3. The molecule has 3 atom stereocenters. The minimum atomic E-state index is -0.170. The molecule has 0 radical (unpaired) electrons. The van der Waals surface area contributed by atoms with Crippen molar-refractivity contribution in [2.75, 3.05) is 6.54 Å². The van der Waals surface area contributed by atoms with Crippen molar-refractivity contribution < 1.29 is 9.59 Å². The number of carbonyl (C=O) groups excluding carboxylic acids is 2. The number of aromatic amines is 1. The predicted molar refractivity (Wildman–Crippen MR) is 88.5 cm³/mol. The molecule has 2 aromatic rings. The first-order valence-electron chi connectivity index (χ1n) is 8.28. The molecule has 0 spiro atoms. The highest BCUT2D eigenvalue weighted by Crippen LogP contribution is 2.45. The molecule has 1 saturated carbocycles. The fraction of sp³-hybridized carbons (Fsp3) is 0.389. The molecule has 2 N–H and O–H groups in total. The van der Waals surface area contributed by atoms with Gasteiger partial charge in [0.25, 0.3) is 5.91 Å². The Morgan fingerprint density at radius 2 is 2.12 bits per heavy atom. The van der Waals surface area contributed by atoms with E-state index in [2.05, 4.69) is 27.6 Å². The lowest BCUT2D eigenvalue weighted by atomic mass is 10.1. The van der Waals surface area contributed by atoms with Crippen LogP contribution in [0, 0.1) is 6.92 Å². The average molecular weight is 324 g/mol. The van der Waals surface area contributed by atoms with E-state index in [1.165, 1.54) is 11.8 Å². The summed E-state index contributed by atoms with van der Waals surface area (Å²) in [7, 11) is 0. The molecule has 2 amide bonds. The molecule has 2 fully saturated rings. The van der Waals surface area contributed by atoms with Crippen LogP contribution in [0.25, 0.3) is 0 Å². The van der Waals surface area contributed by atoms with Crippen molar-refractivity contribution in [2.24, 2.45) is 0 Å². The van der Waals surface area contributed by atoms with Crippen LogP contribution in [0.3, 0.4) is 0 Å². The Hall–Kier alpha value is -2.63. The van der Waals surface area contributed by atoms with Crippen LogP contribution in [0.15, 0.2) is 36.5 Å². The molecule has 1 aliphatic carbocycles. The fourth-order valence-corrected chi connectivity index (χ4v) is 3.58. The number of hydrogen-bond donors (Lipinski definition) is 2. The Morgan fingerprint density at radius 3 is 2.83 bits per heavy atom. The van der Waals surface area contributed by atoms with Crippen molar-refractivity contribution in [3.8, 4) is 0 Å². The summed E-state index contributed by atoms with van der Waals surface area (Å²) < 4.78 is 0. The van der Waals surface area contributed by atoms with E-state index in [1.807, 2.05) is 30.0 Å². The van der Waals surface area contributed by atoms with Crippen molar-refractivity contribution in [3.05, 3.63) is 53.3 Å². The van der Waals surface area contributed by atoms with Crippen LogP contribution in [0.1, 0.15) is 40.4 Å². The maximum atomic E-state index is 12.3. The molecular weight excluding hydrogens is 304 g/mol. The number of H-pyrrole nitrogens is 1. The van der Waals surface area contributed by atoms with Crippen LogP contribution in [0.4, 0.5) is 0 Å². The van der Waals surface area contributed by atoms with Gasteiger partial charge in [-0.3, -0.25) is 14.7 Å². The van der Waals surface area contributed by atoms with Crippen LogP contribution < -0.4 is 5.32 Å². The molecule has 124 valence electrons. The monoisotopic (exact) mass is 324 g/mol. The van der Waals surface area contributed by atoms with Crippen LogP contribution in [-0.4, -0.2) is 45.5 Å². The van der Waals surface area contributed by atoms with E-state index in [4.69, 9.17) is 0 Å². The molecule has 4 rings (SSSR count). The molecule has 2 aliphatic rings. The van der Waals surface area contributed by atoms with Gasteiger partial charge in [0.2, 0.25) is 5.91 Å². The Morgan fingerprint density at radius 1 is 1.33 bits per heavy atom. The fourth-order valence-electron chi connectivity index (χ4n) is 3.58. The summed E-state index contributed by atoms with van der Waals surface area (Å²) in [5.41, 5.74) is 2.56. The SMILES string of the molecule is Cc1[nH]ncc1C(=O)NC1CC(=O)N(C2CC2c2ccccc2)C1. The van der Waals surface area contributed by atoms with Gasteiger partial charge in [-0.25, -0.2) is 0 Å². The number of carbonyl (C=O) groups is 2. The first-order valence-corrected chi connectivity index (χ1v) is 8.28. The summed E-state index contributed by atoms with van der Waals surface area (Å²) in [6.07, 6.45) is 2.91. The second kappa shape index (κ2) is 5.78. The summed E-state index contributed by atoms with van der Waals surface area (Å²) in [5.74, 6) is 0.393. The van der Waals surface area contributed by atoms with E-state index < -0.39 is 0 Å². The molecule has 1 saturated heterocycles. The number of aromatic nitrogens is 2. The third-order valence-electron chi connectivity index (χ3n) is 4.95. The number of aryl methyl sites for hydroxylation is 1. The summed E-state index contributed by atoms with van der Waals surface area (Å²) in [6.45, 7) is 2.40. The van der Waals surface area contributed by atoms with Gasteiger partial charge in [0.15, 0.2) is 0 Å². The smallest absolute Gasteiger partial charge is 0.255 e. The number of benzene rings is 1. The van der Waals surface area contributed by atoms with Gasteiger partial charge < -0.3 is 10.2 Å². The number of amides is 2. The Labute approximate surface area is 140 Å². The zero-order valence-electron chi connectivity index (χ0n) is 13.5. The van der Waals surface area contributed by atoms with Gasteiger partial charge in [-0.1, -0.05) is 30.3 Å². The Bertz CT molecular complexity index is 770. The first-order chi connectivity index (χ1) is 11.6. The van der Waals surface area contributed by atoms with Crippen molar-refractivity contribution in [1.29, 1.82) is 0 Å². The van der Waals surface area contributed by atoms with E-state index in [9.17, 15) is 9.59 Å². The van der Waals surface area contributed by atoms with Crippen LogP contribution in [-0.2, 0) is 4.79 Å². The van der Waals surface area contributed by atoms with E-state index in [1.54, 1.807) is 0 Å². The van der Waals surface area contributed by atoms with E-state index in [0.717, 1.165) is 12.1 Å². The summed E-state index contributed by atoms with van der Waals surface area (Å²) >= 11 is 0. The molecule has 24 heavy (non-hydrogen) atoms. The molecule has 1 aliphatic heterocycles. The molecule has 1 aromatic heterocycles. The molecule has 3 unspecified atom stereocenters. The van der Waals surface area contributed by atoms with Crippen LogP contribution in [0.5, 0.6) is 0 Å². The zero-order chi connectivity index (χ0) is 16.7. The van der Waals surface area contributed by atoms with Crippen molar-refractivity contribution in [1.82, 2.24) is 20.4 Å². The van der Waals surface area contributed by atoms with Crippen LogP contribution >= 0.6 is 0 Å². The Balaban J connectivity index is 1.38. The molecule has 6 heteroatoms. The average Bonchev–Trinajstić information content (AvgIpc) is 3.12. The summed E-state index contributed by atoms with van der Waals surface area (Å²) in [4.78, 5) is 26.5. The molecule has 0 bridgehead atoms. The second-order valence-electron chi connectivity index (χ2n) is 6.65. The third kappa shape index (κ3) is 2.68. The van der Waals surface area contributed by atoms with Gasteiger partial charge in [0, 0.05) is 30.6 Å². The van der Waals surface area contributed by atoms with Crippen molar-refractivity contribution in [2.45, 2.75) is 37.8 Å². The van der Waals surface area contributed by atoms with Crippen molar-refractivity contribution >= 4 is 11.8 Å². The lowest BCUT2D eigenvalue weighted by Crippen LogP contribution is -2.38. The zero-order valence-corrected chi connectivity index (χ0v) is 13.5. The van der Waals surface area contributed by atoms with Crippen molar-refractivity contribution in [3.63, 3.8) is 0 Å². The maximum Gasteiger partial charge on any atom is 0.255 e. The Kier molecular flexibility index (Phi) is 3.59. The number of nitrogens with one attached hydrogen (secondary N) is 2. The standard InChI is InChI=1S/C18H20N4O2/c1-11-15(9-19-21-11)18(24)20-13-7-17(23)22(10-13)16-8-14(16)12-5-3-2-4-6-12/h2-6,9,13-14,16H,7-8,10H2,1H3,(H,19,21)(H,20,24).